The molecule has 1 heterocycles. The summed E-state index contributed by atoms with van der Waals surface area (Å²) in [5.74, 6) is -2.76. The van der Waals surface area contributed by atoms with Crippen LogP contribution in [0.4, 0.5) is 14.5 Å². The van der Waals surface area contributed by atoms with Gasteiger partial charge < -0.3 is 15.0 Å². The lowest BCUT2D eigenvalue weighted by Gasteiger charge is -2.11. The van der Waals surface area contributed by atoms with Crippen molar-refractivity contribution in [2.24, 2.45) is 0 Å². The van der Waals surface area contributed by atoms with Crippen LogP contribution in [0, 0.1) is 23.0 Å². The molecular weight excluding hydrogens is 304 g/mol. The third-order valence-corrected chi connectivity index (χ3v) is 3.05. The zero-order valence-corrected chi connectivity index (χ0v) is 11.4. The third kappa shape index (κ3) is 2.41. The number of hydrogen-bond donors (Lipinski definition) is 1. The standard InChI is InChI=1S/C13H8ClF2N3O2/c1-21-13(20)12-10(18)6(4-17)5-19(12)11-8(14)2-7(15)3-9(11)16/h2-3,5H,18H2,1H3. The fraction of sp³-hybridized carbons (Fsp3) is 0.0769. The lowest BCUT2D eigenvalue weighted by atomic mass is 10.2. The van der Waals surface area contributed by atoms with Crippen molar-refractivity contribution in [2.45, 2.75) is 0 Å². The van der Waals surface area contributed by atoms with Crippen molar-refractivity contribution in [2.75, 3.05) is 12.8 Å². The van der Waals surface area contributed by atoms with Crippen LogP contribution in [0.2, 0.25) is 5.02 Å². The Morgan fingerprint density at radius 1 is 1.48 bits per heavy atom. The fourth-order valence-corrected chi connectivity index (χ4v) is 2.14. The van der Waals surface area contributed by atoms with E-state index in [9.17, 15) is 13.6 Å². The molecule has 2 aromatic rings. The minimum Gasteiger partial charge on any atom is -0.464 e. The average molecular weight is 312 g/mol. The number of carbonyl (C=O) groups is 1. The van der Waals surface area contributed by atoms with Gasteiger partial charge in [-0.3, -0.25) is 0 Å². The van der Waals surface area contributed by atoms with Crippen LogP contribution >= 0.6 is 11.6 Å². The molecule has 5 nitrogen and oxygen atoms in total. The van der Waals surface area contributed by atoms with E-state index in [1.165, 1.54) is 0 Å². The largest absolute Gasteiger partial charge is 0.464 e. The van der Waals surface area contributed by atoms with Gasteiger partial charge in [0.05, 0.1) is 23.4 Å². The minimum absolute atomic E-state index is 0.0600. The predicted molar refractivity (Wildman–Crippen MR) is 71.2 cm³/mol. The van der Waals surface area contributed by atoms with Gasteiger partial charge in [0.15, 0.2) is 11.5 Å². The van der Waals surface area contributed by atoms with Gasteiger partial charge in [0, 0.05) is 12.3 Å². The first-order valence-corrected chi connectivity index (χ1v) is 5.92. The van der Waals surface area contributed by atoms with Gasteiger partial charge in [-0.05, 0) is 6.07 Å². The summed E-state index contributed by atoms with van der Waals surface area (Å²) in [5, 5.41) is 8.68. The molecule has 0 amide bonds. The molecule has 108 valence electrons. The van der Waals surface area contributed by atoms with E-state index in [4.69, 9.17) is 22.6 Å². The van der Waals surface area contributed by atoms with Crippen molar-refractivity contribution in [3.8, 4) is 11.8 Å². The Hall–Kier alpha value is -2.59. The number of nitrogen functional groups attached to an aromatic ring is 1. The highest BCUT2D eigenvalue weighted by Crippen LogP contribution is 2.31. The van der Waals surface area contributed by atoms with Crippen LogP contribution in [0.3, 0.4) is 0 Å². The molecule has 1 aromatic heterocycles. The Labute approximate surface area is 123 Å². The number of esters is 1. The SMILES string of the molecule is COC(=O)c1c(N)c(C#N)cn1-c1c(F)cc(F)cc1Cl. The van der Waals surface area contributed by atoms with E-state index in [1.54, 1.807) is 6.07 Å². The summed E-state index contributed by atoms with van der Waals surface area (Å²) in [4.78, 5) is 11.8. The van der Waals surface area contributed by atoms with Crippen LogP contribution in [0.15, 0.2) is 18.3 Å². The lowest BCUT2D eigenvalue weighted by Crippen LogP contribution is -2.12. The summed E-state index contributed by atoms with van der Waals surface area (Å²) < 4.78 is 32.6. The molecule has 0 saturated carbocycles. The molecule has 0 aliphatic rings. The van der Waals surface area contributed by atoms with Crippen LogP contribution in [-0.4, -0.2) is 17.6 Å². The van der Waals surface area contributed by atoms with Crippen LogP contribution < -0.4 is 5.73 Å². The number of nitrogens with zero attached hydrogens (tertiary/aromatic N) is 2. The van der Waals surface area contributed by atoms with E-state index in [0.717, 1.165) is 23.9 Å². The molecule has 0 bridgehead atoms. The molecular formula is C13H8ClF2N3O2. The number of rotatable bonds is 2. The number of benzene rings is 1. The number of nitrogens with two attached hydrogens (primary N) is 1. The molecule has 0 unspecified atom stereocenters. The zero-order valence-electron chi connectivity index (χ0n) is 10.7. The summed E-state index contributed by atoms with van der Waals surface area (Å²) in [6, 6.07) is 3.24. The van der Waals surface area contributed by atoms with Crippen LogP contribution in [-0.2, 0) is 4.74 Å². The fourth-order valence-electron chi connectivity index (χ4n) is 1.86. The van der Waals surface area contributed by atoms with E-state index in [2.05, 4.69) is 4.74 Å². The topological polar surface area (TPSA) is 81.0 Å². The minimum atomic E-state index is -1.01. The van der Waals surface area contributed by atoms with Crippen LogP contribution in [0.25, 0.3) is 5.69 Å². The van der Waals surface area contributed by atoms with Gasteiger partial charge >= 0.3 is 5.97 Å². The van der Waals surface area contributed by atoms with E-state index in [-0.39, 0.29) is 27.7 Å². The highest BCUT2D eigenvalue weighted by atomic mass is 35.5. The molecule has 0 aliphatic carbocycles. The molecule has 0 saturated heterocycles. The van der Waals surface area contributed by atoms with Gasteiger partial charge in [-0.25, -0.2) is 13.6 Å². The maximum absolute atomic E-state index is 14.0. The smallest absolute Gasteiger partial charge is 0.357 e. The Kier molecular flexibility index (Phi) is 3.82. The second-order valence-electron chi connectivity index (χ2n) is 4.00. The van der Waals surface area contributed by atoms with Crippen LogP contribution in [0.5, 0.6) is 0 Å². The molecule has 0 radical (unpaired) electrons. The maximum Gasteiger partial charge on any atom is 0.357 e. The second kappa shape index (κ2) is 5.42. The van der Waals surface area contributed by atoms with E-state index in [1.807, 2.05) is 0 Å². The lowest BCUT2D eigenvalue weighted by molar-refractivity contribution is 0.0593. The second-order valence-corrected chi connectivity index (χ2v) is 4.40. The van der Waals surface area contributed by atoms with Crippen molar-refractivity contribution in [3.63, 3.8) is 0 Å². The summed E-state index contributed by atoms with van der Waals surface area (Å²) in [7, 11) is 1.10. The Morgan fingerprint density at radius 2 is 2.14 bits per heavy atom. The molecule has 0 aliphatic heterocycles. The van der Waals surface area contributed by atoms with Crippen molar-refractivity contribution in [1.82, 2.24) is 4.57 Å². The molecule has 21 heavy (non-hydrogen) atoms. The highest BCUT2D eigenvalue weighted by molar-refractivity contribution is 6.32. The third-order valence-electron chi connectivity index (χ3n) is 2.77. The number of methoxy groups -OCH3 is 1. The Balaban J connectivity index is 2.82. The quantitative estimate of drug-likeness (QED) is 0.864. The van der Waals surface area contributed by atoms with Gasteiger partial charge in [-0.15, -0.1) is 0 Å². The Morgan fingerprint density at radius 3 is 2.67 bits per heavy atom. The van der Waals surface area contributed by atoms with Crippen LogP contribution in [0.1, 0.15) is 16.1 Å². The van der Waals surface area contributed by atoms with Crippen molar-refractivity contribution in [1.29, 1.82) is 5.26 Å². The molecule has 0 spiro atoms. The van der Waals surface area contributed by atoms with Gasteiger partial charge in [0.25, 0.3) is 0 Å². The van der Waals surface area contributed by atoms with Gasteiger partial charge in [0.2, 0.25) is 0 Å². The zero-order chi connectivity index (χ0) is 15.7. The monoisotopic (exact) mass is 311 g/mol. The number of carbonyl (C=O) groups excluding carboxylic acids is 1. The summed E-state index contributed by atoms with van der Waals surface area (Å²) in [6.45, 7) is 0. The summed E-state index contributed by atoms with van der Waals surface area (Å²) >= 11 is 5.82. The normalized spacial score (nSPS) is 10.2. The van der Waals surface area contributed by atoms with Gasteiger partial charge in [-0.2, -0.15) is 5.26 Å². The Bertz CT molecular complexity index is 757. The van der Waals surface area contributed by atoms with Gasteiger partial charge in [0.1, 0.15) is 17.6 Å². The first kappa shape index (κ1) is 14.8. The molecule has 1 aromatic carbocycles. The van der Waals surface area contributed by atoms with Crippen molar-refractivity contribution >= 4 is 23.3 Å². The molecule has 0 fully saturated rings. The van der Waals surface area contributed by atoms with E-state index in [0.29, 0.717) is 6.07 Å². The van der Waals surface area contributed by atoms with E-state index < -0.39 is 17.6 Å². The summed E-state index contributed by atoms with van der Waals surface area (Å²) in [6.07, 6.45) is 1.13. The maximum atomic E-state index is 14.0. The van der Waals surface area contributed by atoms with Crippen molar-refractivity contribution in [3.05, 3.63) is 46.2 Å². The number of halogens is 3. The number of aromatic nitrogens is 1. The molecule has 8 heteroatoms. The molecule has 2 rings (SSSR count). The van der Waals surface area contributed by atoms with Gasteiger partial charge in [-0.1, -0.05) is 11.6 Å². The highest BCUT2D eigenvalue weighted by Gasteiger charge is 2.24. The number of ether oxygens (including phenoxy) is 1. The number of nitriles is 1. The first-order valence-electron chi connectivity index (χ1n) is 5.54. The number of hydrogen-bond acceptors (Lipinski definition) is 4. The summed E-state index contributed by atoms with van der Waals surface area (Å²) in [5.41, 5.74) is 4.88. The predicted octanol–water partition coefficient (Wildman–Crippen LogP) is 2.65. The average Bonchev–Trinajstić information content (AvgIpc) is 2.73. The molecule has 2 N–H and O–H groups in total. The van der Waals surface area contributed by atoms with Crippen molar-refractivity contribution < 1.29 is 18.3 Å². The first-order chi connectivity index (χ1) is 9.90. The molecule has 0 atom stereocenters. The van der Waals surface area contributed by atoms with E-state index >= 15 is 0 Å². The number of anilines is 1.